The van der Waals surface area contributed by atoms with Crippen LogP contribution in [0.5, 0.6) is 11.5 Å². The van der Waals surface area contributed by atoms with Crippen molar-refractivity contribution in [2.45, 2.75) is 90.6 Å². The highest BCUT2D eigenvalue weighted by Crippen LogP contribution is 2.50. The maximum absolute atomic E-state index is 13.4. The van der Waals surface area contributed by atoms with Gasteiger partial charge in [-0.2, -0.15) is 0 Å². The van der Waals surface area contributed by atoms with Crippen molar-refractivity contribution >= 4 is 23.2 Å². The summed E-state index contributed by atoms with van der Waals surface area (Å²) in [6.07, 6.45) is 3.33. The van der Waals surface area contributed by atoms with Crippen LogP contribution in [0.15, 0.2) is 112 Å². The molecule has 2 amide bonds. The number of aryl methyl sites for hydroxylation is 1. The third-order valence-corrected chi connectivity index (χ3v) is 9.64. The maximum atomic E-state index is 13.4. The van der Waals surface area contributed by atoms with Gasteiger partial charge < -0.3 is 38.9 Å². The van der Waals surface area contributed by atoms with Gasteiger partial charge in [0.2, 0.25) is 5.75 Å². The van der Waals surface area contributed by atoms with E-state index in [2.05, 4.69) is 22.8 Å². The average Bonchev–Trinajstić information content (AvgIpc) is 3.61. The van der Waals surface area contributed by atoms with Gasteiger partial charge in [0.25, 0.3) is 0 Å². The molecule has 4 aromatic carbocycles. The number of fused-ring (bicyclic) bond motifs is 3. The van der Waals surface area contributed by atoms with E-state index < -0.39 is 23.1 Å². The number of rotatable bonds is 16. The van der Waals surface area contributed by atoms with Crippen LogP contribution >= 0.6 is 0 Å². The van der Waals surface area contributed by atoms with Gasteiger partial charge in [-0.15, -0.1) is 0 Å². The first-order valence-corrected chi connectivity index (χ1v) is 20.6. The Hall–Kier alpha value is -5.81. The number of carbonyl (C=O) groups excluding carboxylic acids is 2. The molecule has 0 atom stereocenters. The molecule has 0 saturated heterocycles. The van der Waals surface area contributed by atoms with Crippen LogP contribution in [0.3, 0.4) is 0 Å². The second kappa shape index (κ2) is 18.8. The Morgan fingerprint density at radius 2 is 1.32 bits per heavy atom. The highest BCUT2D eigenvalue weighted by Gasteiger charge is 2.46. The molecule has 59 heavy (non-hydrogen) atoms. The van der Waals surface area contributed by atoms with E-state index in [4.69, 9.17) is 23.4 Å². The number of carbonyl (C=O) groups is 2. The monoisotopic (exact) mass is 803 g/mol. The minimum atomic E-state index is -1.24. The molecule has 312 valence electrons. The molecule has 5 aromatic rings. The van der Waals surface area contributed by atoms with Crippen molar-refractivity contribution < 1.29 is 33.0 Å². The lowest BCUT2D eigenvalue weighted by atomic mass is 9.97. The van der Waals surface area contributed by atoms with Crippen LogP contribution in [-0.2, 0) is 21.7 Å². The van der Waals surface area contributed by atoms with Crippen molar-refractivity contribution in [3.05, 3.63) is 130 Å². The standard InChI is InChI=1S/C48H57N3O8/c1-46(2,3)58-44(53)50-30-16-32-51(45(54)59-47(4,5)6)31-14-13-28-49-29-15-17-34-22-24-35(25-23-34)41-33-39(52)38-26-27-40-43(42(38)55-41)57-48(56-40,36-18-9-7-10-19-36)37-20-11-8-12-21-37/h7-12,18-27,33,49H,13-17,28-32H2,1-6H3,(H,50,53). The topological polar surface area (TPSA) is 129 Å². The van der Waals surface area contributed by atoms with E-state index in [1.165, 1.54) is 11.6 Å². The summed E-state index contributed by atoms with van der Waals surface area (Å²) in [5.41, 5.74) is 2.64. The SMILES string of the molecule is CC(C)(C)OC(=O)NCCCN(CCCCNCCCc1ccc(-c2cc(=O)c3ccc4c(c3o2)OC(c2ccccc2)(c2ccccc2)O4)cc1)C(=O)OC(C)(C)C. The van der Waals surface area contributed by atoms with Gasteiger partial charge in [-0.25, -0.2) is 9.59 Å². The molecule has 11 heteroatoms. The quantitative estimate of drug-likeness (QED) is 0.0938. The summed E-state index contributed by atoms with van der Waals surface area (Å²) in [7, 11) is 0. The largest absolute Gasteiger partial charge is 0.452 e. The Morgan fingerprint density at radius 1 is 0.695 bits per heavy atom. The lowest BCUT2D eigenvalue weighted by Crippen LogP contribution is -2.39. The molecule has 11 nitrogen and oxygen atoms in total. The number of nitrogens with one attached hydrogen (secondary N) is 2. The summed E-state index contributed by atoms with van der Waals surface area (Å²) in [6.45, 7) is 14.1. The van der Waals surface area contributed by atoms with Gasteiger partial charge in [0.15, 0.2) is 16.8 Å². The lowest BCUT2D eigenvalue weighted by molar-refractivity contribution is -0.0456. The molecule has 0 saturated carbocycles. The molecule has 2 N–H and O–H groups in total. The van der Waals surface area contributed by atoms with Gasteiger partial charge in [-0.3, -0.25) is 4.79 Å². The van der Waals surface area contributed by atoms with Crippen LogP contribution in [0.4, 0.5) is 9.59 Å². The van der Waals surface area contributed by atoms with Crippen LogP contribution in [0.25, 0.3) is 22.3 Å². The molecule has 1 aromatic heterocycles. The van der Waals surface area contributed by atoms with Crippen molar-refractivity contribution in [2.75, 3.05) is 32.7 Å². The molecule has 0 fully saturated rings. The van der Waals surface area contributed by atoms with Crippen molar-refractivity contribution in [3.63, 3.8) is 0 Å². The van der Waals surface area contributed by atoms with Gasteiger partial charge in [0.1, 0.15) is 17.0 Å². The number of benzene rings is 4. The molecular weight excluding hydrogens is 747 g/mol. The number of alkyl carbamates (subject to hydrolysis) is 1. The third-order valence-electron chi connectivity index (χ3n) is 9.64. The summed E-state index contributed by atoms with van der Waals surface area (Å²) in [6, 6.07) is 32.6. The normalized spacial score (nSPS) is 13.3. The molecule has 0 bridgehead atoms. The summed E-state index contributed by atoms with van der Waals surface area (Å²) < 4.78 is 30.7. The zero-order chi connectivity index (χ0) is 42.0. The fourth-order valence-electron chi connectivity index (χ4n) is 6.86. The smallest absolute Gasteiger partial charge is 0.410 e. The number of amides is 2. The predicted molar refractivity (Wildman–Crippen MR) is 230 cm³/mol. The number of unbranched alkanes of at least 4 members (excludes halogenated alkanes) is 1. The molecule has 0 unspecified atom stereocenters. The van der Waals surface area contributed by atoms with Crippen molar-refractivity contribution in [3.8, 4) is 22.8 Å². The van der Waals surface area contributed by atoms with E-state index in [-0.39, 0.29) is 11.5 Å². The van der Waals surface area contributed by atoms with E-state index in [0.717, 1.165) is 55.5 Å². The maximum Gasteiger partial charge on any atom is 0.410 e. The van der Waals surface area contributed by atoms with E-state index in [0.29, 0.717) is 54.3 Å². The van der Waals surface area contributed by atoms with Crippen molar-refractivity contribution in [1.82, 2.24) is 15.5 Å². The molecule has 6 rings (SSSR count). The van der Waals surface area contributed by atoms with Gasteiger partial charge >= 0.3 is 18.0 Å². The predicted octanol–water partition coefficient (Wildman–Crippen LogP) is 9.59. The fraction of sp³-hybridized carbons (Fsp3) is 0.396. The fourth-order valence-corrected chi connectivity index (χ4v) is 6.86. The number of hydrogen-bond acceptors (Lipinski definition) is 9. The lowest BCUT2D eigenvalue weighted by Gasteiger charge is -2.28. The summed E-state index contributed by atoms with van der Waals surface area (Å²) in [4.78, 5) is 40.0. The Balaban J connectivity index is 0.992. The number of nitrogens with zero attached hydrogens (tertiary/aromatic N) is 1. The van der Waals surface area contributed by atoms with Gasteiger partial charge in [-0.05, 0) is 104 Å². The second-order valence-corrected chi connectivity index (χ2v) is 16.8. The van der Waals surface area contributed by atoms with Crippen LogP contribution in [0.1, 0.15) is 83.9 Å². The summed E-state index contributed by atoms with van der Waals surface area (Å²) in [5.74, 6) is 0.104. The Labute approximate surface area is 347 Å². The van der Waals surface area contributed by atoms with Crippen LogP contribution in [0.2, 0.25) is 0 Å². The molecule has 0 radical (unpaired) electrons. The van der Waals surface area contributed by atoms with Crippen molar-refractivity contribution in [2.24, 2.45) is 0 Å². The van der Waals surface area contributed by atoms with Crippen LogP contribution in [-0.4, -0.2) is 61.0 Å². The number of ether oxygens (including phenoxy) is 4. The highest BCUT2D eigenvalue weighted by atomic mass is 16.7. The molecular formula is C48H57N3O8. The molecule has 0 aliphatic carbocycles. The Bertz CT molecular complexity index is 2190. The third kappa shape index (κ3) is 11.4. The van der Waals surface area contributed by atoms with Gasteiger partial charge in [-0.1, -0.05) is 84.9 Å². The minimum Gasteiger partial charge on any atom is -0.452 e. The molecule has 1 aliphatic heterocycles. The van der Waals surface area contributed by atoms with E-state index in [1.54, 1.807) is 17.0 Å². The summed E-state index contributed by atoms with van der Waals surface area (Å²) >= 11 is 0. The van der Waals surface area contributed by atoms with E-state index in [9.17, 15) is 14.4 Å². The average molecular weight is 804 g/mol. The summed E-state index contributed by atoms with van der Waals surface area (Å²) in [5, 5.41) is 6.69. The van der Waals surface area contributed by atoms with Gasteiger partial charge in [0.05, 0.1) is 5.39 Å². The molecule has 0 spiro atoms. The van der Waals surface area contributed by atoms with Gasteiger partial charge in [0, 0.05) is 42.4 Å². The first kappa shape index (κ1) is 42.8. The second-order valence-electron chi connectivity index (χ2n) is 16.8. The molecule has 1 aliphatic rings. The van der Waals surface area contributed by atoms with Crippen LogP contribution in [0, 0.1) is 0 Å². The first-order valence-electron chi connectivity index (χ1n) is 20.6. The Morgan fingerprint density at radius 3 is 1.97 bits per heavy atom. The minimum absolute atomic E-state index is 0.162. The Kier molecular flexibility index (Phi) is 13.7. The van der Waals surface area contributed by atoms with E-state index >= 15 is 0 Å². The highest BCUT2D eigenvalue weighted by molar-refractivity contribution is 5.87. The van der Waals surface area contributed by atoms with E-state index in [1.807, 2.05) is 114 Å². The number of hydrogen-bond donors (Lipinski definition) is 2. The first-order chi connectivity index (χ1) is 28.2. The zero-order valence-corrected chi connectivity index (χ0v) is 35.1. The van der Waals surface area contributed by atoms with Crippen LogP contribution < -0.4 is 25.5 Å². The van der Waals surface area contributed by atoms with Crippen molar-refractivity contribution in [1.29, 1.82) is 0 Å². The molecule has 2 heterocycles. The zero-order valence-electron chi connectivity index (χ0n) is 35.1.